The lowest BCUT2D eigenvalue weighted by Crippen LogP contribution is -2.58. The Labute approximate surface area is 159 Å². The summed E-state index contributed by atoms with van der Waals surface area (Å²) in [5, 5.41) is 8.73. The van der Waals surface area contributed by atoms with Gasteiger partial charge < -0.3 is 15.5 Å². The maximum Gasteiger partial charge on any atom is 0.237 e. The number of carbonyl (C=O) groups excluding carboxylic acids is 2. The zero-order valence-electron chi connectivity index (χ0n) is 15.7. The first-order chi connectivity index (χ1) is 12.6. The van der Waals surface area contributed by atoms with Crippen LogP contribution in [0.4, 0.5) is 0 Å². The fraction of sp³-hybridized carbons (Fsp3) is 0.684. The van der Waals surface area contributed by atoms with E-state index >= 15 is 0 Å². The average Bonchev–Trinajstić information content (AvgIpc) is 3.30. The Bertz CT molecular complexity index is 603. The molecule has 26 heavy (non-hydrogen) atoms. The number of nitrogens with one attached hydrogen (secondary N) is 2. The third-order valence-electron chi connectivity index (χ3n) is 5.58. The van der Waals surface area contributed by atoms with Crippen molar-refractivity contribution in [3.05, 3.63) is 22.4 Å². The van der Waals surface area contributed by atoms with Crippen LogP contribution in [0.5, 0.6) is 0 Å². The van der Waals surface area contributed by atoms with Crippen molar-refractivity contribution in [1.82, 2.24) is 20.4 Å². The maximum atomic E-state index is 12.3. The molecule has 2 aliphatic rings. The van der Waals surface area contributed by atoms with Gasteiger partial charge in [0.25, 0.3) is 0 Å². The lowest BCUT2D eigenvalue weighted by molar-refractivity contribution is -0.132. The number of piperazine rings is 1. The van der Waals surface area contributed by atoms with Crippen LogP contribution in [-0.4, -0.2) is 65.9 Å². The van der Waals surface area contributed by atoms with Crippen LogP contribution in [0.15, 0.2) is 17.5 Å². The predicted octanol–water partition coefficient (Wildman–Crippen LogP) is 1.43. The molecule has 0 radical (unpaired) electrons. The first-order valence-corrected chi connectivity index (χ1v) is 10.6. The van der Waals surface area contributed by atoms with Crippen LogP contribution in [0, 0.1) is 0 Å². The Morgan fingerprint density at radius 3 is 2.92 bits per heavy atom. The van der Waals surface area contributed by atoms with Gasteiger partial charge in [-0.05, 0) is 38.1 Å². The normalized spacial score (nSPS) is 25.8. The van der Waals surface area contributed by atoms with E-state index in [4.69, 9.17) is 0 Å². The molecular formula is C19H30N4O2S. The Kier molecular flexibility index (Phi) is 6.67. The molecule has 2 aliphatic heterocycles. The number of nitrogens with zero attached hydrogens (tertiary/aromatic N) is 2. The van der Waals surface area contributed by atoms with Crippen molar-refractivity contribution >= 4 is 23.2 Å². The molecule has 0 aromatic carbocycles. The summed E-state index contributed by atoms with van der Waals surface area (Å²) in [7, 11) is 0. The summed E-state index contributed by atoms with van der Waals surface area (Å²) in [6.07, 6.45) is 2.21. The molecule has 0 aliphatic carbocycles. The molecule has 0 bridgehead atoms. The number of hydrogen-bond acceptors (Lipinski definition) is 5. The van der Waals surface area contributed by atoms with Crippen LogP contribution in [0.2, 0.25) is 0 Å². The van der Waals surface area contributed by atoms with Crippen LogP contribution < -0.4 is 10.6 Å². The fourth-order valence-corrected chi connectivity index (χ4v) is 4.73. The van der Waals surface area contributed by atoms with Gasteiger partial charge in [-0.15, -0.1) is 11.3 Å². The fourth-order valence-electron chi connectivity index (χ4n) is 4.07. The molecule has 2 fully saturated rings. The highest BCUT2D eigenvalue weighted by Gasteiger charge is 2.43. The molecule has 3 rings (SSSR count). The highest BCUT2D eigenvalue weighted by atomic mass is 32.1. The molecule has 0 spiro atoms. The SMILES string of the molecule is CCN(CC)C(=O)CC[C@H]1CNC(=O)[C@H]2C[C@H](NCc3cccs3)CN12. The zero-order valence-corrected chi connectivity index (χ0v) is 16.6. The molecule has 0 unspecified atom stereocenters. The molecule has 3 atom stereocenters. The molecule has 144 valence electrons. The van der Waals surface area contributed by atoms with Gasteiger partial charge in [-0.2, -0.15) is 0 Å². The minimum absolute atomic E-state index is 0.0573. The molecule has 7 heteroatoms. The van der Waals surface area contributed by atoms with Crippen molar-refractivity contribution in [2.45, 2.75) is 57.8 Å². The Morgan fingerprint density at radius 2 is 2.23 bits per heavy atom. The molecule has 2 amide bonds. The zero-order chi connectivity index (χ0) is 18.5. The van der Waals surface area contributed by atoms with Gasteiger partial charge in [0.1, 0.15) is 0 Å². The van der Waals surface area contributed by atoms with Gasteiger partial charge in [0.05, 0.1) is 6.04 Å². The van der Waals surface area contributed by atoms with Gasteiger partial charge >= 0.3 is 0 Å². The minimum atomic E-state index is -0.0573. The minimum Gasteiger partial charge on any atom is -0.353 e. The smallest absolute Gasteiger partial charge is 0.237 e. The van der Waals surface area contributed by atoms with E-state index in [1.165, 1.54) is 4.88 Å². The van der Waals surface area contributed by atoms with E-state index in [-0.39, 0.29) is 23.9 Å². The first kappa shape index (κ1) is 19.3. The average molecular weight is 379 g/mol. The predicted molar refractivity (Wildman–Crippen MR) is 104 cm³/mol. The largest absolute Gasteiger partial charge is 0.353 e. The van der Waals surface area contributed by atoms with Gasteiger partial charge in [0.15, 0.2) is 0 Å². The van der Waals surface area contributed by atoms with Crippen molar-refractivity contribution in [1.29, 1.82) is 0 Å². The van der Waals surface area contributed by atoms with Crippen molar-refractivity contribution in [2.24, 2.45) is 0 Å². The number of fused-ring (bicyclic) bond motifs is 1. The van der Waals surface area contributed by atoms with Gasteiger partial charge in [-0.25, -0.2) is 0 Å². The number of rotatable bonds is 8. The van der Waals surface area contributed by atoms with Crippen LogP contribution in [0.1, 0.15) is 38.0 Å². The highest BCUT2D eigenvalue weighted by Crippen LogP contribution is 2.26. The summed E-state index contributed by atoms with van der Waals surface area (Å²) in [5.41, 5.74) is 0. The van der Waals surface area contributed by atoms with Gasteiger partial charge in [-0.1, -0.05) is 6.07 Å². The Balaban J connectivity index is 1.54. The molecule has 2 N–H and O–H groups in total. The third kappa shape index (κ3) is 4.45. The molecule has 1 aromatic heterocycles. The van der Waals surface area contributed by atoms with Crippen LogP contribution in [-0.2, 0) is 16.1 Å². The molecule has 6 nitrogen and oxygen atoms in total. The first-order valence-electron chi connectivity index (χ1n) is 9.69. The second kappa shape index (κ2) is 8.97. The van der Waals surface area contributed by atoms with E-state index in [2.05, 4.69) is 33.0 Å². The molecule has 1 aromatic rings. The Hall–Kier alpha value is -1.44. The molecular weight excluding hydrogens is 348 g/mol. The summed E-state index contributed by atoms with van der Waals surface area (Å²) in [5.74, 6) is 0.353. The van der Waals surface area contributed by atoms with Gasteiger partial charge in [0, 0.05) is 56.1 Å². The standard InChI is InChI=1S/C19H30N4O2S/c1-3-22(4-2)18(24)8-7-15-11-21-19(25)17-10-14(13-23(15)17)20-12-16-6-5-9-26-16/h5-6,9,14-15,17,20H,3-4,7-8,10-13H2,1-2H3,(H,21,25)/t14-,15-,17+/m0/s1. The van der Waals surface area contributed by atoms with Crippen molar-refractivity contribution in [3.8, 4) is 0 Å². The number of carbonyl (C=O) groups is 2. The van der Waals surface area contributed by atoms with E-state index in [9.17, 15) is 9.59 Å². The van der Waals surface area contributed by atoms with Crippen molar-refractivity contribution < 1.29 is 9.59 Å². The second-order valence-electron chi connectivity index (χ2n) is 7.11. The summed E-state index contributed by atoms with van der Waals surface area (Å²) < 4.78 is 0. The highest BCUT2D eigenvalue weighted by molar-refractivity contribution is 7.09. The van der Waals surface area contributed by atoms with E-state index in [0.29, 0.717) is 19.0 Å². The lowest BCUT2D eigenvalue weighted by Gasteiger charge is -2.37. The van der Waals surface area contributed by atoms with Crippen LogP contribution >= 0.6 is 11.3 Å². The third-order valence-corrected chi connectivity index (χ3v) is 6.45. The van der Waals surface area contributed by atoms with Crippen LogP contribution in [0.25, 0.3) is 0 Å². The monoisotopic (exact) mass is 378 g/mol. The number of hydrogen-bond donors (Lipinski definition) is 2. The summed E-state index contributed by atoms with van der Waals surface area (Å²) >= 11 is 1.75. The van der Waals surface area contributed by atoms with E-state index in [1.54, 1.807) is 11.3 Å². The van der Waals surface area contributed by atoms with Gasteiger partial charge in [-0.3, -0.25) is 14.5 Å². The summed E-state index contributed by atoms with van der Waals surface area (Å²) in [4.78, 5) is 30.1. The topological polar surface area (TPSA) is 64.7 Å². The molecule has 2 saturated heterocycles. The maximum absolute atomic E-state index is 12.3. The quantitative estimate of drug-likeness (QED) is 0.718. The van der Waals surface area contributed by atoms with Crippen LogP contribution in [0.3, 0.4) is 0 Å². The van der Waals surface area contributed by atoms with E-state index in [1.807, 2.05) is 18.7 Å². The second-order valence-corrected chi connectivity index (χ2v) is 8.14. The molecule has 3 heterocycles. The Morgan fingerprint density at radius 1 is 1.42 bits per heavy atom. The number of amides is 2. The number of thiophene rings is 1. The van der Waals surface area contributed by atoms with Gasteiger partial charge in [0.2, 0.25) is 11.8 Å². The lowest BCUT2D eigenvalue weighted by atomic mass is 10.0. The van der Waals surface area contributed by atoms with Crippen molar-refractivity contribution in [3.63, 3.8) is 0 Å². The summed E-state index contributed by atoms with van der Waals surface area (Å²) in [6.45, 7) is 7.95. The van der Waals surface area contributed by atoms with E-state index in [0.717, 1.165) is 39.0 Å². The molecule has 0 saturated carbocycles. The van der Waals surface area contributed by atoms with Crippen molar-refractivity contribution in [2.75, 3.05) is 26.2 Å². The van der Waals surface area contributed by atoms with E-state index < -0.39 is 0 Å². The summed E-state index contributed by atoms with van der Waals surface area (Å²) in [6, 6.07) is 4.72.